The zero-order valence-electron chi connectivity index (χ0n) is 3.82. The predicted molar refractivity (Wildman–Crippen MR) is 32.8 cm³/mol. The highest BCUT2D eigenvalue weighted by Gasteiger charge is 2.11. The highest BCUT2D eigenvalue weighted by Crippen LogP contribution is 2.29. The average Bonchev–Trinajstić information content (AvgIpc) is 2.17. The van der Waals surface area contributed by atoms with E-state index in [1.54, 1.807) is 0 Å². The molecule has 0 saturated heterocycles. The van der Waals surface area contributed by atoms with Crippen LogP contribution in [0.2, 0.25) is 0 Å². The van der Waals surface area contributed by atoms with Gasteiger partial charge in [-0.2, -0.15) is 0 Å². The van der Waals surface area contributed by atoms with E-state index in [0.717, 1.165) is 0 Å². The van der Waals surface area contributed by atoms with Crippen LogP contribution < -0.4 is 0 Å². The van der Waals surface area contributed by atoms with Gasteiger partial charge < -0.3 is 0 Å². The first-order valence-corrected chi connectivity index (χ1v) is 3.14. The molecular weight excluding hydrogens is 131 g/mol. The number of allylic oxidation sites excluding steroid dienone is 2. The van der Waals surface area contributed by atoms with Crippen LogP contribution in [0.4, 0.5) is 0 Å². The zero-order valence-corrected chi connectivity index (χ0v) is 5.34. The lowest BCUT2D eigenvalue weighted by Crippen LogP contribution is -1.72. The molecule has 1 aliphatic rings. The van der Waals surface area contributed by atoms with Crippen LogP contribution in [0.5, 0.6) is 0 Å². The molecule has 0 aromatic heterocycles. The van der Waals surface area contributed by atoms with Crippen molar-refractivity contribution in [1.29, 1.82) is 0 Å². The lowest BCUT2D eigenvalue weighted by atomic mass is 10.5. The highest BCUT2D eigenvalue weighted by molar-refractivity contribution is 6.45. The van der Waals surface area contributed by atoms with Crippen LogP contribution in [0.15, 0.2) is 11.6 Å². The van der Waals surface area contributed by atoms with Gasteiger partial charge in [0, 0.05) is 0 Å². The second kappa shape index (κ2) is 2.06. The highest BCUT2D eigenvalue weighted by atomic mass is 35.5. The third-order valence-corrected chi connectivity index (χ3v) is 1.15. The fraction of sp³-hybridized carbons (Fsp3) is 0.600. The van der Waals surface area contributed by atoms with Crippen LogP contribution in [0.1, 0.15) is 12.8 Å². The molecule has 7 heavy (non-hydrogen) atoms. The molecule has 0 bridgehead atoms. The van der Waals surface area contributed by atoms with E-state index in [1.165, 1.54) is 18.4 Å². The Kier molecular flexibility index (Phi) is 1.61. The van der Waals surface area contributed by atoms with Gasteiger partial charge in [0.15, 0.2) is 0 Å². The van der Waals surface area contributed by atoms with Crippen LogP contribution >= 0.6 is 23.2 Å². The summed E-state index contributed by atoms with van der Waals surface area (Å²) in [5, 5.41) is 0. The monoisotopic (exact) mass is 136 g/mol. The Morgan fingerprint density at radius 2 is 2.00 bits per heavy atom. The molecular formula is C5H6Cl2. The fourth-order valence-corrected chi connectivity index (χ4v) is 0.773. The molecule has 0 aromatic carbocycles. The van der Waals surface area contributed by atoms with E-state index in [9.17, 15) is 0 Å². The molecule has 0 nitrogen and oxygen atoms in total. The Bertz CT molecular complexity index is 88.3. The third-order valence-electron chi connectivity index (χ3n) is 0.900. The molecule has 0 spiro atoms. The summed E-state index contributed by atoms with van der Waals surface area (Å²) in [6, 6.07) is 0. The summed E-state index contributed by atoms with van der Waals surface area (Å²) in [5.74, 6) is 0. The molecule has 1 rings (SSSR count). The minimum Gasteiger partial charge on any atom is -0.101 e. The van der Waals surface area contributed by atoms with Crippen molar-refractivity contribution in [1.82, 2.24) is 0 Å². The van der Waals surface area contributed by atoms with Gasteiger partial charge in [-0.1, -0.05) is 11.6 Å². The molecule has 0 radical (unpaired) electrons. The Labute approximate surface area is 53.1 Å². The van der Waals surface area contributed by atoms with Gasteiger partial charge in [-0.15, -0.1) is 23.2 Å². The molecule has 1 fully saturated rings. The van der Waals surface area contributed by atoms with Crippen LogP contribution in [-0.4, -0.2) is 4.84 Å². The van der Waals surface area contributed by atoms with E-state index >= 15 is 0 Å². The summed E-state index contributed by atoms with van der Waals surface area (Å²) in [6.45, 7) is 0. The number of hydrogen-bond donors (Lipinski definition) is 0. The summed E-state index contributed by atoms with van der Waals surface area (Å²) in [4.78, 5) is -0.280. The molecule has 2 heteroatoms. The van der Waals surface area contributed by atoms with Gasteiger partial charge >= 0.3 is 0 Å². The lowest BCUT2D eigenvalue weighted by Gasteiger charge is -1.82. The fourth-order valence-electron chi connectivity index (χ4n) is 0.417. The smallest absolute Gasteiger partial charge is 0.101 e. The molecule has 0 atom stereocenters. The average molecular weight is 137 g/mol. The van der Waals surface area contributed by atoms with Crippen molar-refractivity contribution >= 4 is 23.2 Å². The SMILES string of the molecule is ClC(Cl)C=C1CC1. The molecule has 1 aliphatic carbocycles. The summed E-state index contributed by atoms with van der Waals surface area (Å²) in [5.41, 5.74) is 1.40. The first kappa shape index (κ1) is 5.46. The van der Waals surface area contributed by atoms with Gasteiger partial charge in [0.25, 0.3) is 0 Å². The van der Waals surface area contributed by atoms with Crippen LogP contribution in [0.3, 0.4) is 0 Å². The molecule has 0 aliphatic heterocycles. The van der Waals surface area contributed by atoms with E-state index in [0.29, 0.717) is 0 Å². The quantitative estimate of drug-likeness (QED) is 0.384. The van der Waals surface area contributed by atoms with Crippen LogP contribution in [-0.2, 0) is 0 Å². The zero-order chi connectivity index (χ0) is 5.28. The van der Waals surface area contributed by atoms with Gasteiger partial charge in [0.2, 0.25) is 0 Å². The maximum absolute atomic E-state index is 5.40. The normalized spacial score (nSPS) is 17.9. The summed E-state index contributed by atoms with van der Waals surface area (Å²) in [7, 11) is 0. The van der Waals surface area contributed by atoms with E-state index in [2.05, 4.69) is 0 Å². The van der Waals surface area contributed by atoms with Crippen molar-refractivity contribution in [3.8, 4) is 0 Å². The Morgan fingerprint density at radius 3 is 2.14 bits per heavy atom. The van der Waals surface area contributed by atoms with E-state index in [1.807, 2.05) is 6.08 Å². The largest absolute Gasteiger partial charge is 0.126 e. The molecule has 1 saturated carbocycles. The van der Waals surface area contributed by atoms with Crippen LogP contribution in [0.25, 0.3) is 0 Å². The van der Waals surface area contributed by atoms with Gasteiger partial charge in [0.1, 0.15) is 4.84 Å². The standard InChI is InChI=1S/C5H6Cl2/c6-5(7)3-4-1-2-4/h3,5H,1-2H2. The van der Waals surface area contributed by atoms with Gasteiger partial charge in [-0.25, -0.2) is 0 Å². The Hall–Kier alpha value is 0.320. The van der Waals surface area contributed by atoms with Gasteiger partial charge in [-0.3, -0.25) is 0 Å². The maximum Gasteiger partial charge on any atom is 0.126 e. The van der Waals surface area contributed by atoms with Crippen molar-refractivity contribution in [3.05, 3.63) is 11.6 Å². The van der Waals surface area contributed by atoms with Crippen molar-refractivity contribution in [2.75, 3.05) is 0 Å². The maximum atomic E-state index is 5.40. The Morgan fingerprint density at radius 1 is 1.43 bits per heavy atom. The minimum atomic E-state index is -0.280. The topological polar surface area (TPSA) is 0 Å². The second-order valence-corrected chi connectivity index (χ2v) is 2.82. The molecule has 0 heterocycles. The molecule has 0 N–H and O–H groups in total. The molecule has 40 valence electrons. The molecule has 0 unspecified atom stereocenters. The first-order chi connectivity index (χ1) is 3.29. The first-order valence-electron chi connectivity index (χ1n) is 2.27. The van der Waals surface area contributed by atoms with Crippen molar-refractivity contribution in [2.45, 2.75) is 17.7 Å². The van der Waals surface area contributed by atoms with Crippen molar-refractivity contribution in [3.63, 3.8) is 0 Å². The number of halogens is 2. The van der Waals surface area contributed by atoms with Crippen LogP contribution in [0, 0.1) is 0 Å². The lowest BCUT2D eigenvalue weighted by molar-refractivity contribution is 1.50. The second-order valence-electron chi connectivity index (χ2n) is 1.66. The number of hydrogen-bond acceptors (Lipinski definition) is 0. The Balaban J connectivity index is 2.30. The van der Waals surface area contributed by atoms with E-state index < -0.39 is 0 Å². The van der Waals surface area contributed by atoms with Crippen molar-refractivity contribution in [2.24, 2.45) is 0 Å². The third kappa shape index (κ3) is 2.20. The molecule has 0 amide bonds. The van der Waals surface area contributed by atoms with Gasteiger partial charge in [0.05, 0.1) is 0 Å². The summed E-state index contributed by atoms with van der Waals surface area (Å²) < 4.78 is 0. The number of alkyl halides is 2. The number of rotatable bonds is 1. The van der Waals surface area contributed by atoms with E-state index in [4.69, 9.17) is 23.2 Å². The summed E-state index contributed by atoms with van der Waals surface area (Å²) >= 11 is 10.8. The van der Waals surface area contributed by atoms with E-state index in [-0.39, 0.29) is 4.84 Å². The molecule has 0 aromatic rings. The minimum absolute atomic E-state index is 0.280. The van der Waals surface area contributed by atoms with Gasteiger partial charge in [-0.05, 0) is 12.8 Å². The summed E-state index contributed by atoms with van der Waals surface area (Å²) in [6.07, 6.45) is 4.30. The van der Waals surface area contributed by atoms with Crippen molar-refractivity contribution < 1.29 is 0 Å². The predicted octanol–water partition coefficient (Wildman–Crippen LogP) is 2.51.